The summed E-state index contributed by atoms with van der Waals surface area (Å²) in [6.45, 7) is 1.87. The predicted molar refractivity (Wildman–Crippen MR) is 63.3 cm³/mol. The van der Waals surface area contributed by atoms with Crippen molar-refractivity contribution in [2.45, 2.75) is 13.3 Å². The molecule has 0 unspecified atom stereocenters. The lowest BCUT2D eigenvalue weighted by atomic mass is 10.1. The summed E-state index contributed by atoms with van der Waals surface area (Å²) in [7, 11) is 1.90. The smallest absolute Gasteiger partial charge is 0.162 e. The fourth-order valence-corrected chi connectivity index (χ4v) is 1.69. The van der Waals surface area contributed by atoms with Crippen molar-refractivity contribution < 1.29 is 4.79 Å². The van der Waals surface area contributed by atoms with Crippen molar-refractivity contribution in [3.63, 3.8) is 0 Å². The van der Waals surface area contributed by atoms with Crippen LogP contribution in [0, 0.1) is 0 Å². The van der Waals surface area contributed by atoms with Gasteiger partial charge in [0.05, 0.1) is 5.69 Å². The second-order valence-corrected chi connectivity index (χ2v) is 3.69. The molecule has 0 aliphatic carbocycles. The van der Waals surface area contributed by atoms with Crippen LogP contribution in [0.1, 0.15) is 23.7 Å². The Morgan fingerprint density at radius 3 is 2.44 bits per heavy atom. The van der Waals surface area contributed by atoms with Crippen LogP contribution in [-0.2, 0) is 7.05 Å². The molecule has 0 N–H and O–H groups in total. The van der Waals surface area contributed by atoms with Gasteiger partial charge in [0.2, 0.25) is 0 Å². The van der Waals surface area contributed by atoms with Gasteiger partial charge < -0.3 is 0 Å². The number of benzene rings is 1. The van der Waals surface area contributed by atoms with Crippen molar-refractivity contribution in [3.8, 4) is 11.3 Å². The average Bonchev–Trinajstić information content (AvgIpc) is 2.75. The zero-order valence-electron chi connectivity index (χ0n) is 9.47. The molecule has 0 saturated heterocycles. The van der Waals surface area contributed by atoms with Gasteiger partial charge in [0.25, 0.3) is 0 Å². The first kappa shape index (κ1) is 10.6. The Kier molecular flexibility index (Phi) is 2.86. The number of aryl methyl sites for hydroxylation is 1. The standard InChI is InChI=1S/C13H14N2O/c1-3-13(16)11-6-4-10(5-7-11)12-8-9-14-15(12)2/h4-9H,3H2,1-2H3. The van der Waals surface area contributed by atoms with E-state index in [9.17, 15) is 4.79 Å². The van der Waals surface area contributed by atoms with Crippen LogP contribution in [0.25, 0.3) is 11.3 Å². The monoisotopic (exact) mass is 214 g/mol. The Hall–Kier alpha value is -1.90. The number of ketones is 1. The minimum absolute atomic E-state index is 0.177. The van der Waals surface area contributed by atoms with Crippen molar-refractivity contribution in [2.24, 2.45) is 7.05 Å². The molecule has 3 nitrogen and oxygen atoms in total. The van der Waals surface area contributed by atoms with Gasteiger partial charge in [-0.15, -0.1) is 0 Å². The third kappa shape index (κ3) is 1.89. The van der Waals surface area contributed by atoms with Crippen LogP contribution >= 0.6 is 0 Å². The fraction of sp³-hybridized carbons (Fsp3) is 0.231. The lowest BCUT2D eigenvalue weighted by Crippen LogP contribution is -1.97. The maximum Gasteiger partial charge on any atom is 0.162 e. The predicted octanol–water partition coefficient (Wildman–Crippen LogP) is 2.68. The van der Waals surface area contributed by atoms with Gasteiger partial charge in [-0.1, -0.05) is 31.2 Å². The average molecular weight is 214 g/mol. The maximum atomic E-state index is 11.5. The van der Waals surface area contributed by atoms with Crippen molar-refractivity contribution in [1.82, 2.24) is 9.78 Å². The van der Waals surface area contributed by atoms with Gasteiger partial charge in [0.15, 0.2) is 5.78 Å². The Balaban J connectivity index is 2.33. The van der Waals surface area contributed by atoms with Gasteiger partial charge in [-0.3, -0.25) is 9.48 Å². The normalized spacial score (nSPS) is 10.4. The van der Waals surface area contributed by atoms with Crippen LogP contribution < -0.4 is 0 Å². The lowest BCUT2D eigenvalue weighted by molar-refractivity contribution is 0.0988. The van der Waals surface area contributed by atoms with E-state index in [1.807, 2.05) is 49.0 Å². The number of aromatic nitrogens is 2. The van der Waals surface area contributed by atoms with Crippen LogP contribution in [0.3, 0.4) is 0 Å². The molecule has 2 aromatic rings. The van der Waals surface area contributed by atoms with Crippen LogP contribution in [0.4, 0.5) is 0 Å². The zero-order chi connectivity index (χ0) is 11.5. The molecule has 3 heteroatoms. The molecule has 16 heavy (non-hydrogen) atoms. The van der Waals surface area contributed by atoms with Crippen LogP contribution in [-0.4, -0.2) is 15.6 Å². The van der Waals surface area contributed by atoms with E-state index < -0.39 is 0 Å². The number of nitrogens with zero attached hydrogens (tertiary/aromatic N) is 2. The summed E-state index contributed by atoms with van der Waals surface area (Å²) in [5, 5.41) is 4.12. The molecule has 0 saturated carbocycles. The van der Waals surface area contributed by atoms with E-state index in [1.165, 1.54) is 0 Å². The fourth-order valence-electron chi connectivity index (χ4n) is 1.69. The van der Waals surface area contributed by atoms with E-state index in [4.69, 9.17) is 0 Å². The van der Waals surface area contributed by atoms with Crippen LogP contribution in [0.15, 0.2) is 36.5 Å². The zero-order valence-corrected chi connectivity index (χ0v) is 9.47. The van der Waals surface area contributed by atoms with Gasteiger partial charge >= 0.3 is 0 Å². The van der Waals surface area contributed by atoms with Crippen molar-refractivity contribution in [3.05, 3.63) is 42.1 Å². The number of carbonyl (C=O) groups excluding carboxylic acids is 1. The summed E-state index contributed by atoms with van der Waals surface area (Å²) in [6, 6.07) is 9.61. The second-order valence-electron chi connectivity index (χ2n) is 3.69. The van der Waals surface area contributed by atoms with Crippen molar-refractivity contribution in [2.75, 3.05) is 0 Å². The van der Waals surface area contributed by atoms with Gasteiger partial charge in [-0.25, -0.2) is 0 Å². The first-order valence-electron chi connectivity index (χ1n) is 5.34. The number of hydrogen-bond acceptors (Lipinski definition) is 2. The van der Waals surface area contributed by atoms with Crippen LogP contribution in [0.5, 0.6) is 0 Å². The SMILES string of the molecule is CCC(=O)c1ccc(-c2ccnn2C)cc1. The molecular weight excluding hydrogens is 200 g/mol. The van der Waals surface area contributed by atoms with Crippen molar-refractivity contribution in [1.29, 1.82) is 0 Å². The van der Waals surface area contributed by atoms with Gasteiger partial charge in [0.1, 0.15) is 0 Å². The number of hydrogen-bond donors (Lipinski definition) is 0. The highest BCUT2D eigenvalue weighted by atomic mass is 16.1. The van der Waals surface area contributed by atoms with E-state index in [-0.39, 0.29) is 5.78 Å². The molecule has 1 aromatic carbocycles. The quantitative estimate of drug-likeness (QED) is 0.736. The van der Waals surface area contributed by atoms with Crippen LogP contribution in [0.2, 0.25) is 0 Å². The molecule has 0 atom stereocenters. The lowest BCUT2D eigenvalue weighted by Gasteiger charge is -2.03. The number of carbonyl (C=O) groups is 1. The first-order valence-corrected chi connectivity index (χ1v) is 5.34. The number of rotatable bonds is 3. The molecule has 0 bridgehead atoms. The van der Waals surface area contributed by atoms with Gasteiger partial charge in [-0.2, -0.15) is 5.10 Å². The molecule has 1 aromatic heterocycles. The van der Waals surface area contributed by atoms with E-state index in [0.29, 0.717) is 6.42 Å². The molecule has 2 rings (SSSR count). The Morgan fingerprint density at radius 2 is 1.94 bits per heavy atom. The third-order valence-corrected chi connectivity index (χ3v) is 2.64. The second kappa shape index (κ2) is 4.31. The molecule has 0 amide bonds. The highest BCUT2D eigenvalue weighted by Gasteiger charge is 2.05. The molecule has 0 spiro atoms. The summed E-state index contributed by atoms with van der Waals surface area (Å²) in [6.07, 6.45) is 2.31. The van der Waals surface area contributed by atoms with Gasteiger partial charge in [-0.05, 0) is 11.6 Å². The molecular formula is C13H14N2O. The van der Waals surface area contributed by atoms with E-state index in [1.54, 1.807) is 6.20 Å². The molecule has 0 aliphatic heterocycles. The Morgan fingerprint density at radius 1 is 1.25 bits per heavy atom. The van der Waals surface area contributed by atoms with E-state index in [0.717, 1.165) is 16.8 Å². The largest absolute Gasteiger partial charge is 0.294 e. The Labute approximate surface area is 94.7 Å². The summed E-state index contributed by atoms with van der Waals surface area (Å²) < 4.78 is 1.82. The van der Waals surface area contributed by atoms with Crippen molar-refractivity contribution >= 4 is 5.78 Å². The minimum atomic E-state index is 0.177. The number of Topliss-reactive ketones (excluding diaryl/α,β-unsaturated/α-hetero) is 1. The molecule has 0 radical (unpaired) electrons. The topological polar surface area (TPSA) is 34.9 Å². The minimum Gasteiger partial charge on any atom is -0.294 e. The summed E-state index contributed by atoms with van der Waals surface area (Å²) in [4.78, 5) is 11.5. The first-order chi connectivity index (χ1) is 7.72. The highest BCUT2D eigenvalue weighted by Crippen LogP contribution is 2.18. The maximum absolute atomic E-state index is 11.5. The molecule has 82 valence electrons. The molecule has 0 fully saturated rings. The molecule has 0 aliphatic rings. The van der Waals surface area contributed by atoms with E-state index in [2.05, 4.69) is 5.10 Å². The highest BCUT2D eigenvalue weighted by molar-refractivity contribution is 5.96. The summed E-state index contributed by atoms with van der Waals surface area (Å²) >= 11 is 0. The third-order valence-electron chi connectivity index (χ3n) is 2.64. The van der Waals surface area contributed by atoms with Gasteiger partial charge in [0, 0.05) is 25.2 Å². The van der Waals surface area contributed by atoms with E-state index >= 15 is 0 Å². The summed E-state index contributed by atoms with van der Waals surface area (Å²) in [5.74, 6) is 0.177. The Bertz CT molecular complexity index is 497. The summed E-state index contributed by atoms with van der Waals surface area (Å²) in [5.41, 5.74) is 2.90. The molecule has 1 heterocycles.